The molecule has 0 spiro atoms. The van der Waals surface area contributed by atoms with Crippen LogP contribution in [0.2, 0.25) is 0 Å². The number of fused-ring (bicyclic) bond motifs is 2. The third-order valence-corrected chi connectivity index (χ3v) is 5.40. The first kappa shape index (κ1) is 17.9. The van der Waals surface area contributed by atoms with Gasteiger partial charge in [0.2, 0.25) is 0 Å². The number of methoxy groups -OCH3 is 1. The first-order valence-corrected chi connectivity index (χ1v) is 9.56. The Kier molecular flexibility index (Phi) is 5.09. The lowest BCUT2D eigenvalue weighted by molar-refractivity contribution is 0.0920. The summed E-state index contributed by atoms with van der Waals surface area (Å²) in [6.07, 6.45) is 2.36. The minimum absolute atomic E-state index is 0.0870. The molecular weight excluding hydrogens is 408 g/mol. The van der Waals surface area contributed by atoms with Crippen LogP contribution in [-0.4, -0.2) is 24.6 Å². The maximum Gasteiger partial charge on any atom is 0.253 e. The topological polar surface area (TPSA) is 60.5 Å². The molecule has 4 rings (SSSR count). The second-order valence-corrected chi connectivity index (χ2v) is 7.27. The second kappa shape index (κ2) is 7.66. The van der Waals surface area contributed by atoms with E-state index in [-0.39, 0.29) is 11.9 Å². The molecule has 0 aliphatic carbocycles. The number of halogens is 1. The lowest BCUT2D eigenvalue weighted by Gasteiger charge is -2.27. The van der Waals surface area contributed by atoms with Gasteiger partial charge in [-0.15, -0.1) is 0 Å². The number of nitrogens with one attached hydrogen (secondary N) is 1. The zero-order valence-corrected chi connectivity index (χ0v) is 16.5. The van der Waals surface area contributed by atoms with Crippen LogP contribution >= 0.6 is 15.9 Å². The molecule has 0 radical (unpaired) electrons. The van der Waals surface area contributed by atoms with E-state index in [1.165, 1.54) is 0 Å². The summed E-state index contributed by atoms with van der Waals surface area (Å²) in [5.41, 5.74) is 3.19. The number of amides is 1. The summed E-state index contributed by atoms with van der Waals surface area (Å²) in [5.74, 6) is 0.671. The summed E-state index contributed by atoms with van der Waals surface area (Å²) in [6.45, 7) is 0.915. The van der Waals surface area contributed by atoms with Crippen molar-refractivity contribution < 1.29 is 14.3 Å². The van der Waals surface area contributed by atoms with Crippen molar-refractivity contribution in [2.24, 2.45) is 0 Å². The standard InChI is InChI=1S/C21H19BrN2O3/c1-26-12-16-13-6-4-7-17(22)20(13)23-11-15(16)21(25)24-18-9-10-27-19-8-3-2-5-14(18)19/h2-8,11,18H,9-10,12H2,1H3,(H,24,25)/t18-/m0/s1. The molecule has 1 atom stereocenters. The minimum atomic E-state index is -0.155. The molecule has 0 fully saturated rings. The van der Waals surface area contributed by atoms with E-state index in [9.17, 15) is 4.79 Å². The van der Waals surface area contributed by atoms with Crippen LogP contribution in [0.3, 0.4) is 0 Å². The van der Waals surface area contributed by atoms with Crippen molar-refractivity contribution in [3.05, 3.63) is 69.8 Å². The van der Waals surface area contributed by atoms with Gasteiger partial charge in [-0.2, -0.15) is 0 Å². The Bertz CT molecular complexity index is 1010. The Hall–Kier alpha value is -2.44. The molecule has 1 N–H and O–H groups in total. The highest BCUT2D eigenvalue weighted by atomic mass is 79.9. The number of rotatable bonds is 4. The number of ether oxygens (including phenoxy) is 2. The summed E-state index contributed by atoms with van der Waals surface area (Å²) in [5, 5.41) is 4.05. The quantitative estimate of drug-likeness (QED) is 0.671. The second-order valence-electron chi connectivity index (χ2n) is 6.42. The lowest BCUT2D eigenvalue weighted by atomic mass is 9.99. The highest BCUT2D eigenvalue weighted by molar-refractivity contribution is 9.10. The minimum Gasteiger partial charge on any atom is -0.493 e. The van der Waals surface area contributed by atoms with Gasteiger partial charge >= 0.3 is 0 Å². The van der Waals surface area contributed by atoms with Gasteiger partial charge in [0.25, 0.3) is 5.91 Å². The number of carbonyl (C=O) groups excluding carboxylic acids is 1. The van der Waals surface area contributed by atoms with Gasteiger partial charge in [-0.1, -0.05) is 30.3 Å². The van der Waals surface area contributed by atoms with Crippen molar-refractivity contribution >= 4 is 32.7 Å². The fourth-order valence-corrected chi connectivity index (χ4v) is 3.93. The van der Waals surface area contributed by atoms with E-state index in [0.29, 0.717) is 18.8 Å². The number of hydrogen-bond acceptors (Lipinski definition) is 4. The Morgan fingerprint density at radius 3 is 3.00 bits per heavy atom. The molecule has 0 saturated carbocycles. The number of carbonyl (C=O) groups is 1. The van der Waals surface area contributed by atoms with Gasteiger partial charge < -0.3 is 14.8 Å². The van der Waals surface area contributed by atoms with E-state index in [1.807, 2.05) is 42.5 Å². The van der Waals surface area contributed by atoms with Gasteiger partial charge in [-0.05, 0) is 28.1 Å². The van der Waals surface area contributed by atoms with Gasteiger partial charge in [0, 0.05) is 40.7 Å². The lowest BCUT2D eigenvalue weighted by Crippen LogP contribution is -2.32. The molecule has 6 heteroatoms. The van der Waals surface area contributed by atoms with E-state index in [0.717, 1.165) is 38.7 Å². The van der Waals surface area contributed by atoms with Crippen LogP contribution < -0.4 is 10.1 Å². The molecule has 1 aliphatic heterocycles. The summed E-state index contributed by atoms with van der Waals surface area (Å²) in [7, 11) is 1.63. The Morgan fingerprint density at radius 2 is 2.15 bits per heavy atom. The molecule has 0 bridgehead atoms. The Balaban J connectivity index is 1.70. The Morgan fingerprint density at radius 1 is 1.30 bits per heavy atom. The molecule has 2 heterocycles. The van der Waals surface area contributed by atoms with Gasteiger partial charge in [-0.3, -0.25) is 9.78 Å². The van der Waals surface area contributed by atoms with Gasteiger partial charge in [0.1, 0.15) is 5.75 Å². The summed E-state index contributed by atoms with van der Waals surface area (Å²) < 4.78 is 11.9. The average molecular weight is 427 g/mol. The van der Waals surface area contributed by atoms with Crippen LogP contribution in [0.5, 0.6) is 5.75 Å². The largest absolute Gasteiger partial charge is 0.493 e. The summed E-state index contributed by atoms with van der Waals surface area (Å²) in [4.78, 5) is 17.6. The number of aromatic nitrogens is 1. The van der Waals surface area contributed by atoms with Crippen LogP contribution in [0.25, 0.3) is 10.9 Å². The third kappa shape index (κ3) is 3.42. The van der Waals surface area contributed by atoms with Crippen molar-refractivity contribution in [2.75, 3.05) is 13.7 Å². The highest BCUT2D eigenvalue weighted by Crippen LogP contribution is 2.32. The number of para-hydroxylation sites is 2. The zero-order chi connectivity index (χ0) is 18.8. The van der Waals surface area contributed by atoms with Gasteiger partial charge in [0.05, 0.1) is 30.3 Å². The van der Waals surface area contributed by atoms with Gasteiger partial charge in [0.15, 0.2) is 0 Å². The van der Waals surface area contributed by atoms with Crippen LogP contribution in [-0.2, 0) is 11.3 Å². The maximum absolute atomic E-state index is 13.1. The number of pyridine rings is 1. The summed E-state index contributed by atoms with van der Waals surface area (Å²) >= 11 is 3.52. The van der Waals surface area contributed by atoms with E-state index >= 15 is 0 Å². The number of benzene rings is 2. The molecule has 27 heavy (non-hydrogen) atoms. The van der Waals surface area contributed by atoms with Crippen LogP contribution in [0.1, 0.15) is 33.9 Å². The highest BCUT2D eigenvalue weighted by Gasteiger charge is 2.25. The normalized spacial score (nSPS) is 15.9. The first-order valence-electron chi connectivity index (χ1n) is 8.76. The van der Waals surface area contributed by atoms with E-state index in [4.69, 9.17) is 9.47 Å². The maximum atomic E-state index is 13.1. The molecule has 1 aliphatic rings. The van der Waals surface area contributed by atoms with Crippen LogP contribution in [0, 0.1) is 0 Å². The molecule has 1 aromatic heterocycles. The fraction of sp³-hybridized carbons (Fsp3) is 0.238. The number of hydrogen-bond donors (Lipinski definition) is 1. The SMILES string of the molecule is COCc1c(C(=O)N[C@H]2CCOc3ccccc32)cnc2c(Br)cccc12. The van der Waals surface area contributed by atoms with Crippen molar-refractivity contribution in [3.8, 4) is 5.75 Å². The molecule has 5 nitrogen and oxygen atoms in total. The molecule has 1 amide bonds. The molecule has 3 aromatic rings. The van der Waals surface area contributed by atoms with Crippen molar-refractivity contribution in [1.29, 1.82) is 0 Å². The van der Waals surface area contributed by atoms with Crippen molar-refractivity contribution in [3.63, 3.8) is 0 Å². The van der Waals surface area contributed by atoms with Crippen LogP contribution in [0.4, 0.5) is 0 Å². The van der Waals surface area contributed by atoms with E-state index < -0.39 is 0 Å². The molecule has 0 saturated heterocycles. The zero-order valence-electron chi connectivity index (χ0n) is 14.9. The smallest absolute Gasteiger partial charge is 0.253 e. The van der Waals surface area contributed by atoms with E-state index in [1.54, 1.807) is 13.3 Å². The van der Waals surface area contributed by atoms with Crippen LogP contribution in [0.15, 0.2) is 53.1 Å². The number of nitrogens with zero attached hydrogens (tertiary/aromatic N) is 1. The predicted octanol–water partition coefficient (Wildman–Crippen LogP) is 4.40. The van der Waals surface area contributed by atoms with E-state index in [2.05, 4.69) is 26.2 Å². The van der Waals surface area contributed by atoms with Gasteiger partial charge in [-0.25, -0.2) is 0 Å². The molecular formula is C21H19BrN2O3. The summed E-state index contributed by atoms with van der Waals surface area (Å²) in [6, 6.07) is 13.6. The van der Waals surface area contributed by atoms with Crippen molar-refractivity contribution in [2.45, 2.75) is 19.1 Å². The third-order valence-electron chi connectivity index (χ3n) is 4.76. The molecule has 2 aromatic carbocycles. The first-order chi connectivity index (χ1) is 13.2. The van der Waals surface area contributed by atoms with Crippen molar-refractivity contribution in [1.82, 2.24) is 10.3 Å². The average Bonchev–Trinajstić information content (AvgIpc) is 2.69. The Labute approximate surface area is 165 Å². The monoisotopic (exact) mass is 426 g/mol. The molecule has 138 valence electrons. The predicted molar refractivity (Wildman–Crippen MR) is 107 cm³/mol. The molecule has 0 unspecified atom stereocenters. The fourth-order valence-electron chi connectivity index (χ4n) is 3.47.